The van der Waals surface area contributed by atoms with Crippen molar-refractivity contribution in [2.45, 2.75) is 50.9 Å². The lowest BCUT2D eigenvalue weighted by molar-refractivity contribution is 0.141. The lowest BCUT2D eigenvalue weighted by Gasteiger charge is -2.21. The molecule has 0 radical (unpaired) electrons. The van der Waals surface area contributed by atoms with Crippen LogP contribution in [0.2, 0.25) is 0 Å². The maximum atomic E-state index is 13.9. The Balaban J connectivity index is 2.36. The van der Waals surface area contributed by atoms with Gasteiger partial charge in [0.25, 0.3) is 0 Å². The maximum Gasteiger partial charge on any atom is 0.144 e. The summed E-state index contributed by atoms with van der Waals surface area (Å²) < 4.78 is 41.6. The number of halogens is 2. The van der Waals surface area contributed by atoms with Gasteiger partial charge < -0.3 is 14.0 Å². The van der Waals surface area contributed by atoms with Crippen LogP contribution < -0.4 is 4.74 Å². The summed E-state index contributed by atoms with van der Waals surface area (Å²) in [6.45, 7) is 6.72. The van der Waals surface area contributed by atoms with E-state index in [1.165, 1.54) is 12.1 Å². The standard InChI is InChI=1S/C18H25ClFNO3S/c1-18(2,3)25(22)21-16(5-4-9-19)15-11-13(20)6-7-17(15)24-14-8-10-23-12-14/h6-7,11,14H,4-5,8-10,12H2,1-3H3/t14-,25?/m1/s1. The van der Waals surface area contributed by atoms with Gasteiger partial charge in [-0.05, 0) is 51.8 Å². The number of hydrogen-bond acceptors (Lipinski definition) is 4. The van der Waals surface area contributed by atoms with Gasteiger partial charge in [-0.15, -0.1) is 11.6 Å². The van der Waals surface area contributed by atoms with Crippen LogP contribution in [0, 0.1) is 5.82 Å². The van der Waals surface area contributed by atoms with Crippen molar-refractivity contribution in [3.05, 3.63) is 29.6 Å². The highest BCUT2D eigenvalue weighted by atomic mass is 35.5. The normalized spacial score (nSPS) is 19.9. The van der Waals surface area contributed by atoms with Crippen molar-refractivity contribution in [1.82, 2.24) is 0 Å². The Bertz CT molecular complexity index is 600. The molecule has 0 saturated carbocycles. The lowest BCUT2D eigenvalue weighted by Crippen LogP contribution is -2.27. The average Bonchev–Trinajstić information content (AvgIpc) is 3.05. The van der Waals surface area contributed by atoms with Crippen molar-refractivity contribution >= 4 is 28.7 Å². The molecule has 2 rings (SSSR count). The van der Waals surface area contributed by atoms with Crippen LogP contribution in [-0.4, -0.2) is 40.2 Å². The number of rotatable bonds is 7. The highest BCUT2D eigenvalue weighted by Gasteiger charge is 2.28. The number of alkyl halides is 1. The monoisotopic (exact) mass is 389 g/mol. The first-order valence-corrected chi connectivity index (χ1v) is 10.0. The summed E-state index contributed by atoms with van der Waals surface area (Å²) in [6, 6.07) is 4.34. The van der Waals surface area contributed by atoms with Crippen LogP contribution in [-0.2, 0) is 16.1 Å². The zero-order valence-corrected chi connectivity index (χ0v) is 16.5. The molecule has 1 saturated heterocycles. The van der Waals surface area contributed by atoms with Crippen molar-refractivity contribution in [3.8, 4) is 5.75 Å². The molecule has 1 heterocycles. The van der Waals surface area contributed by atoms with Gasteiger partial charge in [0, 0.05) is 17.9 Å². The Labute approximate surface area is 157 Å². The van der Waals surface area contributed by atoms with Gasteiger partial charge in [0.05, 0.1) is 13.2 Å². The predicted molar refractivity (Wildman–Crippen MR) is 101 cm³/mol. The van der Waals surface area contributed by atoms with Gasteiger partial charge in [-0.1, -0.05) is 4.40 Å². The molecule has 1 unspecified atom stereocenters. The smallest absolute Gasteiger partial charge is 0.144 e. The predicted octanol–water partition coefficient (Wildman–Crippen LogP) is 4.26. The lowest BCUT2D eigenvalue weighted by atomic mass is 10.0. The SMILES string of the molecule is CC(C)(C)[S+]([O-])N=C(CCCCl)c1cc(F)ccc1O[C@@H]1CCOC1. The van der Waals surface area contributed by atoms with Crippen molar-refractivity contribution in [2.75, 3.05) is 19.1 Å². The minimum absolute atomic E-state index is 0.0633. The Morgan fingerprint density at radius 1 is 1.48 bits per heavy atom. The van der Waals surface area contributed by atoms with E-state index in [0.717, 1.165) is 6.42 Å². The van der Waals surface area contributed by atoms with Crippen LogP contribution in [0.3, 0.4) is 0 Å². The molecule has 0 bridgehead atoms. The third-order valence-electron chi connectivity index (χ3n) is 3.70. The maximum absolute atomic E-state index is 13.9. The molecule has 0 aliphatic carbocycles. The number of hydrogen-bond donors (Lipinski definition) is 0. The third kappa shape index (κ3) is 6.13. The van der Waals surface area contributed by atoms with E-state index >= 15 is 0 Å². The molecule has 0 aromatic heterocycles. The minimum Gasteiger partial charge on any atom is -0.591 e. The molecule has 0 N–H and O–H groups in total. The van der Waals surface area contributed by atoms with Gasteiger partial charge in [-0.3, -0.25) is 0 Å². The second-order valence-corrected chi connectivity index (χ2v) is 9.22. The highest BCUT2D eigenvalue weighted by Crippen LogP contribution is 2.27. The van der Waals surface area contributed by atoms with E-state index in [1.54, 1.807) is 6.07 Å². The summed E-state index contributed by atoms with van der Waals surface area (Å²) >= 11 is 4.37. The molecule has 1 aliphatic rings. The molecule has 1 aromatic carbocycles. The zero-order valence-electron chi connectivity index (χ0n) is 14.9. The first kappa shape index (κ1) is 20.5. The van der Waals surface area contributed by atoms with Gasteiger partial charge in [-0.2, -0.15) is 0 Å². The van der Waals surface area contributed by atoms with Crippen LogP contribution >= 0.6 is 11.6 Å². The van der Waals surface area contributed by atoms with Gasteiger partial charge in [-0.25, -0.2) is 4.39 Å². The van der Waals surface area contributed by atoms with Crippen LogP contribution in [0.5, 0.6) is 5.75 Å². The fourth-order valence-corrected chi connectivity index (χ4v) is 3.11. The number of benzene rings is 1. The number of ether oxygens (including phenoxy) is 2. The number of nitrogens with zero attached hydrogens (tertiary/aromatic N) is 1. The summed E-state index contributed by atoms with van der Waals surface area (Å²) in [6.07, 6.45) is 1.89. The largest absolute Gasteiger partial charge is 0.591 e. The Morgan fingerprint density at radius 2 is 2.24 bits per heavy atom. The molecular formula is C18H25ClFNO3S. The molecule has 140 valence electrons. The molecule has 0 spiro atoms. The second-order valence-electron chi connectivity index (χ2n) is 6.94. The van der Waals surface area contributed by atoms with Gasteiger partial charge in [0.2, 0.25) is 0 Å². The van der Waals surface area contributed by atoms with Crippen molar-refractivity contribution in [3.63, 3.8) is 0 Å². The van der Waals surface area contributed by atoms with Crippen LogP contribution in [0.15, 0.2) is 22.6 Å². The summed E-state index contributed by atoms with van der Waals surface area (Å²) in [5.41, 5.74) is 1.09. The van der Waals surface area contributed by atoms with E-state index in [-0.39, 0.29) is 11.9 Å². The quantitative estimate of drug-likeness (QED) is 0.397. The van der Waals surface area contributed by atoms with Crippen LogP contribution in [0.25, 0.3) is 0 Å². The average molecular weight is 390 g/mol. The molecule has 1 aliphatic heterocycles. The van der Waals surface area contributed by atoms with Gasteiger partial charge in [0.1, 0.15) is 39.5 Å². The fourth-order valence-electron chi connectivity index (χ4n) is 2.32. The van der Waals surface area contributed by atoms with E-state index in [1.807, 2.05) is 20.8 Å². The van der Waals surface area contributed by atoms with Crippen molar-refractivity contribution in [2.24, 2.45) is 4.40 Å². The van der Waals surface area contributed by atoms with Crippen LogP contribution in [0.1, 0.15) is 45.6 Å². The van der Waals surface area contributed by atoms with E-state index in [2.05, 4.69) is 4.40 Å². The summed E-state index contributed by atoms with van der Waals surface area (Å²) in [5, 5.41) is 0. The molecule has 2 atom stereocenters. The molecule has 1 fully saturated rings. The van der Waals surface area contributed by atoms with Gasteiger partial charge in [0.15, 0.2) is 0 Å². The molecule has 4 nitrogen and oxygen atoms in total. The highest BCUT2D eigenvalue weighted by molar-refractivity contribution is 7.91. The van der Waals surface area contributed by atoms with E-state index < -0.39 is 16.1 Å². The molecule has 7 heteroatoms. The summed E-state index contributed by atoms with van der Waals surface area (Å²) in [4.78, 5) is 0. The van der Waals surface area contributed by atoms with Crippen molar-refractivity contribution < 1.29 is 18.4 Å². The second kappa shape index (κ2) is 9.21. The summed E-state index contributed by atoms with van der Waals surface area (Å²) in [5.74, 6) is 0.602. The minimum atomic E-state index is -1.45. The van der Waals surface area contributed by atoms with E-state index in [9.17, 15) is 8.94 Å². The van der Waals surface area contributed by atoms with Crippen LogP contribution in [0.4, 0.5) is 4.39 Å². The Morgan fingerprint density at radius 3 is 2.84 bits per heavy atom. The Hall–Kier alpha value is -0.820. The van der Waals surface area contributed by atoms with E-state index in [0.29, 0.717) is 49.0 Å². The molecule has 1 aromatic rings. The molecule has 25 heavy (non-hydrogen) atoms. The first-order chi connectivity index (χ1) is 11.8. The molecule has 0 amide bonds. The fraction of sp³-hybridized carbons (Fsp3) is 0.611. The topological polar surface area (TPSA) is 53.9 Å². The Kier molecular flexibility index (Phi) is 7.55. The zero-order chi connectivity index (χ0) is 18.4. The van der Waals surface area contributed by atoms with Crippen molar-refractivity contribution in [1.29, 1.82) is 0 Å². The summed E-state index contributed by atoms with van der Waals surface area (Å²) in [7, 11) is 0. The van der Waals surface area contributed by atoms with Gasteiger partial charge >= 0.3 is 0 Å². The van der Waals surface area contributed by atoms with E-state index in [4.69, 9.17) is 21.1 Å². The first-order valence-electron chi connectivity index (χ1n) is 8.41. The third-order valence-corrected chi connectivity index (χ3v) is 5.40. The molecular weight excluding hydrogens is 365 g/mol.